The number of halogens is 3. The van der Waals surface area contributed by atoms with Crippen LogP contribution in [0.15, 0.2) is 40.9 Å². The fourth-order valence-corrected chi connectivity index (χ4v) is 2.67. The van der Waals surface area contributed by atoms with Crippen LogP contribution in [0.2, 0.25) is 5.02 Å². The molecule has 2 nitrogen and oxygen atoms in total. The molecule has 0 saturated carbocycles. The molecule has 0 aromatic heterocycles. The van der Waals surface area contributed by atoms with Gasteiger partial charge in [0.15, 0.2) is 0 Å². The smallest absolute Gasteiger partial charge is 0.131 e. The van der Waals surface area contributed by atoms with Gasteiger partial charge in [0.25, 0.3) is 0 Å². The quantitative estimate of drug-likeness (QED) is 0.650. The molecule has 2 aromatic rings. The van der Waals surface area contributed by atoms with E-state index in [0.717, 1.165) is 28.8 Å². The summed E-state index contributed by atoms with van der Waals surface area (Å²) in [4.78, 5) is 0. The molecule has 0 spiro atoms. The van der Waals surface area contributed by atoms with Crippen LogP contribution in [0, 0.1) is 5.82 Å². The number of hydrogen-bond acceptors (Lipinski definition) is 2. The molecule has 0 amide bonds. The standard InChI is InChI=1S/C17H18BrClFNO/c1-2-8-21-10-12-9-13(18)6-7-17(12)22-11-14-15(19)4-3-5-16(14)20/h3-7,9,21H,2,8,10-11H2,1H3. The second-order valence-electron chi connectivity index (χ2n) is 4.92. The van der Waals surface area contributed by atoms with E-state index >= 15 is 0 Å². The van der Waals surface area contributed by atoms with Crippen LogP contribution < -0.4 is 10.1 Å². The van der Waals surface area contributed by atoms with Gasteiger partial charge in [0.2, 0.25) is 0 Å². The van der Waals surface area contributed by atoms with Crippen molar-refractivity contribution in [2.75, 3.05) is 6.54 Å². The molecule has 5 heteroatoms. The zero-order chi connectivity index (χ0) is 15.9. The maximum Gasteiger partial charge on any atom is 0.131 e. The molecule has 0 aliphatic carbocycles. The molecule has 0 unspecified atom stereocenters. The summed E-state index contributed by atoms with van der Waals surface area (Å²) in [7, 11) is 0. The van der Waals surface area contributed by atoms with Gasteiger partial charge in [0.1, 0.15) is 18.2 Å². The van der Waals surface area contributed by atoms with Crippen molar-refractivity contribution in [2.45, 2.75) is 26.5 Å². The predicted octanol–water partition coefficient (Wildman–Crippen LogP) is 5.32. The fourth-order valence-electron chi connectivity index (χ4n) is 2.05. The Hall–Kier alpha value is -1.10. The Morgan fingerprint density at radius 2 is 2.09 bits per heavy atom. The van der Waals surface area contributed by atoms with Crippen LogP contribution in [0.4, 0.5) is 4.39 Å². The average Bonchev–Trinajstić information content (AvgIpc) is 2.49. The Balaban J connectivity index is 2.12. The van der Waals surface area contributed by atoms with E-state index in [1.165, 1.54) is 6.07 Å². The molecule has 0 saturated heterocycles. The zero-order valence-corrected chi connectivity index (χ0v) is 14.7. The summed E-state index contributed by atoms with van der Waals surface area (Å²) < 4.78 is 20.6. The molecule has 22 heavy (non-hydrogen) atoms. The van der Waals surface area contributed by atoms with Crippen molar-refractivity contribution < 1.29 is 9.13 Å². The minimum absolute atomic E-state index is 0.105. The monoisotopic (exact) mass is 385 g/mol. The van der Waals surface area contributed by atoms with Crippen LogP contribution >= 0.6 is 27.5 Å². The van der Waals surface area contributed by atoms with Gasteiger partial charge in [-0.05, 0) is 43.3 Å². The summed E-state index contributed by atoms with van der Waals surface area (Å²) in [6, 6.07) is 10.4. The first-order valence-corrected chi connectivity index (χ1v) is 8.33. The molecule has 0 radical (unpaired) electrons. The third kappa shape index (κ3) is 4.70. The van der Waals surface area contributed by atoms with Crippen molar-refractivity contribution in [3.8, 4) is 5.75 Å². The first-order valence-electron chi connectivity index (χ1n) is 7.16. The first kappa shape index (κ1) is 17.3. The number of nitrogens with one attached hydrogen (secondary N) is 1. The second-order valence-corrected chi connectivity index (χ2v) is 6.24. The third-order valence-corrected chi connectivity index (χ3v) is 4.05. The van der Waals surface area contributed by atoms with Crippen molar-refractivity contribution in [2.24, 2.45) is 0 Å². The molecular formula is C17H18BrClFNO. The molecule has 1 N–H and O–H groups in total. The average molecular weight is 387 g/mol. The highest BCUT2D eigenvalue weighted by Gasteiger charge is 2.10. The number of hydrogen-bond donors (Lipinski definition) is 1. The van der Waals surface area contributed by atoms with Crippen LogP contribution in [-0.4, -0.2) is 6.54 Å². The minimum Gasteiger partial charge on any atom is -0.488 e. The van der Waals surface area contributed by atoms with Crippen molar-refractivity contribution in [3.05, 3.63) is 62.8 Å². The highest BCUT2D eigenvalue weighted by atomic mass is 79.9. The highest BCUT2D eigenvalue weighted by Crippen LogP contribution is 2.26. The fraction of sp³-hybridized carbons (Fsp3) is 0.294. The molecule has 0 aliphatic heterocycles. The summed E-state index contributed by atoms with van der Waals surface area (Å²) in [5, 5.41) is 3.72. The van der Waals surface area contributed by atoms with Crippen LogP contribution in [-0.2, 0) is 13.2 Å². The lowest BCUT2D eigenvalue weighted by atomic mass is 10.2. The molecule has 0 aliphatic rings. The topological polar surface area (TPSA) is 21.3 Å². The van der Waals surface area contributed by atoms with E-state index < -0.39 is 0 Å². The molecule has 118 valence electrons. The first-order chi connectivity index (χ1) is 10.6. The summed E-state index contributed by atoms with van der Waals surface area (Å²) in [5.41, 5.74) is 1.40. The van der Waals surface area contributed by atoms with Crippen molar-refractivity contribution in [1.29, 1.82) is 0 Å². The second kappa shape index (κ2) is 8.51. The lowest BCUT2D eigenvalue weighted by molar-refractivity contribution is 0.296. The molecule has 0 bridgehead atoms. The molecular weight excluding hydrogens is 369 g/mol. The Morgan fingerprint density at radius 1 is 1.27 bits per heavy atom. The third-order valence-electron chi connectivity index (χ3n) is 3.20. The highest BCUT2D eigenvalue weighted by molar-refractivity contribution is 9.10. The Labute approximate surface area is 143 Å². The molecule has 2 aromatic carbocycles. The van der Waals surface area contributed by atoms with Crippen molar-refractivity contribution in [3.63, 3.8) is 0 Å². The summed E-state index contributed by atoms with van der Waals surface area (Å²) in [6.07, 6.45) is 1.06. The summed E-state index contributed by atoms with van der Waals surface area (Å²) in [6.45, 7) is 3.86. The zero-order valence-electron chi connectivity index (χ0n) is 12.3. The Bertz CT molecular complexity index is 616. The van der Waals surface area contributed by atoms with Crippen LogP contribution in [0.3, 0.4) is 0 Å². The number of rotatable bonds is 7. The van der Waals surface area contributed by atoms with Crippen molar-refractivity contribution >= 4 is 27.5 Å². The van der Waals surface area contributed by atoms with E-state index in [0.29, 0.717) is 17.1 Å². The minimum atomic E-state index is -0.352. The van der Waals surface area contributed by atoms with Gasteiger partial charge < -0.3 is 10.1 Å². The molecule has 0 heterocycles. The lowest BCUT2D eigenvalue weighted by Crippen LogP contribution is -2.14. The SMILES string of the molecule is CCCNCc1cc(Br)ccc1OCc1c(F)cccc1Cl. The normalized spacial score (nSPS) is 10.7. The van der Waals surface area contributed by atoms with E-state index in [4.69, 9.17) is 16.3 Å². The van der Waals surface area contributed by atoms with E-state index in [1.54, 1.807) is 12.1 Å². The van der Waals surface area contributed by atoms with Crippen molar-refractivity contribution in [1.82, 2.24) is 5.32 Å². The van der Waals surface area contributed by atoms with Crippen LogP contribution in [0.1, 0.15) is 24.5 Å². The number of benzene rings is 2. The summed E-state index contributed by atoms with van der Waals surface area (Å²) in [5.74, 6) is 0.376. The van der Waals surface area contributed by atoms with Gasteiger partial charge in [-0.2, -0.15) is 0 Å². The van der Waals surface area contributed by atoms with Crippen LogP contribution in [0.25, 0.3) is 0 Å². The van der Waals surface area contributed by atoms with Gasteiger partial charge in [-0.25, -0.2) is 4.39 Å². The van der Waals surface area contributed by atoms with Gasteiger partial charge in [-0.3, -0.25) is 0 Å². The van der Waals surface area contributed by atoms with Crippen LogP contribution in [0.5, 0.6) is 5.75 Å². The van der Waals surface area contributed by atoms with Gasteiger partial charge in [-0.1, -0.05) is 40.5 Å². The molecule has 0 fully saturated rings. The van der Waals surface area contributed by atoms with Gasteiger partial charge in [0.05, 0.1) is 5.02 Å². The van der Waals surface area contributed by atoms with E-state index in [1.807, 2.05) is 18.2 Å². The summed E-state index contributed by atoms with van der Waals surface area (Å²) >= 11 is 9.48. The van der Waals surface area contributed by atoms with Gasteiger partial charge in [0, 0.05) is 22.1 Å². The van der Waals surface area contributed by atoms with Gasteiger partial charge >= 0.3 is 0 Å². The molecule has 0 atom stereocenters. The van der Waals surface area contributed by atoms with E-state index in [9.17, 15) is 4.39 Å². The number of ether oxygens (including phenoxy) is 1. The largest absolute Gasteiger partial charge is 0.488 e. The van der Waals surface area contributed by atoms with E-state index in [-0.39, 0.29) is 12.4 Å². The maximum absolute atomic E-state index is 13.8. The van der Waals surface area contributed by atoms with E-state index in [2.05, 4.69) is 28.2 Å². The molecule has 2 rings (SSSR count). The maximum atomic E-state index is 13.8. The van der Waals surface area contributed by atoms with Gasteiger partial charge in [-0.15, -0.1) is 0 Å². The predicted molar refractivity (Wildman–Crippen MR) is 91.9 cm³/mol. The Morgan fingerprint density at radius 3 is 2.82 bits per heavy atom. The Kier molecular flexibility index (Phi) is 6.68. The lowest BCUT2D eigenvalue weighted by Gasteiger charge is -2.14.